The molecule has 1 aromatic carbocycles. The summed E-state index contributed by atoms with van der Waals surface area (Å²) >= 11 is -1.54. The lowest BCUT2D eigenvalue weighted by Gasteiger charge is -2.25. The Hall–Kier alpha value is -0.990. The zero-order chi connectivity index (χ0) is 12.3. The molecule has 1 heterocycles. The van der Waals surface area contributed by atoms with Gasteiger partial charge >= 0.3 is 0 Å². The minimum atomic E-state index is -1.54. The highest BCUT2D eigenvalue weighted by Crippen LogP contribution is 2.21. The third-order valence-corrected chi connectivity index (χ3v) is 4.91. The maximum Gasteiger partial charge on any atom is 0.177 e. The molecule has 5 heteroatoms. The van der Waals surface area contributed by atoms with E-state index in [1.807, 2.05) is 56.6 Å². The third kappa shape index (κ3) is 2.82. The van der Waals surface area contributed by atoms with Gasteiger partial charge in [0.15, 0.2) is 11.4 Å². The van der Waals surface area contributed by atoms with Crippen molar-refractivity contribution in [1.29, 1.82) is 0 Å². The maximum atomic E-state index is 6.17. The summed E-state index contributed by atoms with van der Waals surface area (Å²) in [6.45, 7) is 0. The van der Waals surface area contributed by atoms with Gasteiger partial charge in [-0.1, -0.05) is 43.4 Å². The van der Waals surface area contributed by atoms with Crippen LogP contribution in [0, 0.1) is 0 Å². The monoisotopic (exact) mass is 343 g/mol. The molecule has 0 spiro atoms. The van der Waals surface area contributed by atoms with Crippen molar-refractivity contribution in [2.45, 2.75) is 0 Å². The van der Waals surface area contributed by atoms with Crippen LogP contribution in [0.15, 0.2) is 54.3 Å². The first-order valence-electron chi connectivity index (χ1n) is 5.11. The van der Waals surface area contributed by atoms with Gasteiger partial charge in [0.2, 0.25) is 0 Å². The molecule has 1 aliphatic heterocycles. The Labute approximate surface area is 107 Å². The molecule has 0 aromatic heterocycles. The number of hydrogen-bond acceptors (Lipinski definition) is 3. The Morgan fingerprint density at radius 2 is 1.71 bits per heavy atom. The molecule has 0 aliphatic carbocycles. The van der Waals surface area contributed by atoms with E-state index >= 15 is 0 Å². The smallest absolute Gasteiger partial charge is 0.177 e. The second-order valence-electron chi connectivity index (χ2n) is 3.69. The predicted molar refractivity (Wildman–Crippen MR) is 84.2 cm³/mol. The molecule has 0 atom stereocenters. The number of nitrogens with zero attached hydrogens (tertiary/aromatic N) is 1. The van der Waals surface area contributed by atoms with Crippen LogP contribution in [0.4, 0.5) is 5.69 Å². The van der Waals surface area contributed by atoms with Crippen LogP contribution >= 0.6 is 19.1 Å². The maximum absolute atomic E-state index is 6.17. The molecule has 0 fully saturated rings. The fourth-order valence-corrected chi connectivity index (χ4v) is 3.23. The van der Waals surface area contributed by atoms with Crippen molar-refractivity contribution in [3.8, 4) is 0 Å². The molecule has 0 radical (unpaired) electrons. The molecule has 1 aliphatic rings. The summed E-state index contributed by atoms with van der Waals surface area (Å²) in [6.07, 6.45) is 5.78. The highest BCUT2D eigenvalue weighted by molar-refractivity contribution is 14.2. The van der Waals surface area contributed by atoms with Gasteiger partial charge in [-0.05, 0) is 8.02 Å². The van der Waals surface area contributed by atoms with Crippen molar-refractivity contribution in [2.75, 3.05) is 0 Å². The molecule has 4 nitrogen and oxygen atoms in total. The molecule has 0 bridgehead atoms. The summed E-state index contributed by atoms with van der Waals surface area (Å²) in [6, 6.07) is 9.58. The van der Waals surface area contributed by atoms with Crippen LogP contribution in [-0.4, -0.2) is 8.02 Å². The second kappa shape index (κ2) is 5.11. The van der Waals surface area contributed by atoms with Gasteiger partial charge < -0.3 is 0 Å². The SMILES string of the molecule is NI1=CC=CC([N+](N)(N)c2ccccc2)=CC=1. The first-order valence-corrected chi connectivity index (χ1v) is 8.84. The fraction of sp³-hybridized carbons (Fsp3) is 0. The Morgan fingerprint density at radius 3 is 2.41 bits per heavy atom. The van der Waals surface area contributed by atoms with E-state index in [4.69, 9.17) is 15.6 Å². The van der Waals surface area contributed by atoms with Crippen molar-refractivity contribution in [1.82, 2.24) is 4.70 Å². The van der Waals surface area contributed by atoms with Gasteiger partial charge in [-0.25, -0.2) is 0 Å². The Balaban J connectivity index is 2.42. The number of rotatable bonds is 2. The molecule has 0 saturated heterocycles. The average molecular weight is 343 g/mol. The van der Waals surface area contributed by atoms with E-state index in [2.05, 4.69) is 0 Å². The highest BCUT2D eigenvalue weighted by Gasteiger charge is 2.26. The lowest BCUT2D eigenvalue weighted by atomic mass is 10.2. The van der Waals surface area contributed by atoms with Gasteiger partial charge in [0.05, 0.1) is 0 Å². The number of quaternary nitrogens is 1. The van der Waals surface area contributed by atoms with E-state index in [1.54, 1.807) is 0 Å². The normalized spacial score (nSPS) is 16.8. The molecule has 0 unspecified atom stereocenters. The topological polar surface area (TPSA) is 78.1 Å². The highest BCUT2D eigenvalue weighted by atomic mass is 127. The molecular formula is C12H16IN4+. The first-order chi connectivity index (χ1) is 8.10. The van der Waals surface area contributed by atoms with Gasteiger partial charge in [0.25, 0.3) is 0 Å². The van der Waals surface area contributed by atoms with Crippen molar-refractivity contribution in [3.63, 3.8) is 0 Å². The van der Waals surface area contributed by atoms with E-state index in [0.29, 0.717) is 0 Å². The predicted octanol–water partition coefficient (Wildman–Crippen LogP) is 1.18. The van der Waals surface area contributed by atoms with Crippen LogP contribution in [0.1, 0.15) is 0 Å². The molecule has 1 aromatic rings. The van der Waals surface area contributed by atoms with Crippen LogP contribution in [0.3, 0.4) is 0 Å². The van der Waals surface area contributed by atoms with Crippen LogP contribution in [0.2, 0.25) is 0 Å². The summed E-state index contributed by atoms with van der Waals surface area (Å²) in [5.74, 6) is 12.3. The number of para-hydroxylation sites is 1. The molecular weight excluding hydrogens is 327 g/mol. The van der Waals surface area contributed by atoms with Gasteiger partial charge in [0.1, 0.15) is 0 Å². The summed E-state index contributed by atoms with van der Waals surface area (Å²) in [4.78, 5) is 0. The van der Waals surface area contributed by atoms with Crippen molar-refractivity contribution in [3.05, 3.63) is 54.3 Å². The molecule has 17 heavy (non-hydrogen) atoms. The number of hydrogen-bond donors (Lipinski definition) is 3. The minimum absolute atomic E-state index is 0.258. The van der Waals surface area contributed by atoms with Gasteiger partial charge in [0, 0.05) is 24.3 Å². The van der Waals surface area contributed by atoms with E-state index in [0.717, 1.165) is 11.4 Å². The summed E-state index contributed by atoms with van der Waals surface area (Å²) in [5, 5.41) is 0. The van der Waals surface area contributed by atoms with E-state index in [1.165, 1.54) is 0 Å². The molecule has 0 saturated carbocycles. The zero-order valence-electron chi connectivity index (χ0n) is 9.33. The van der Waals surface area contributed by atoms with Crippen LogP contribution in [0.25, 0.3) is 0 Å². The second-order valence-corrected chi connectivity index (χ2v) is 7.29. The molecule has 6 N–H and O–H groups in total. The number of halogens is 1. The average Bonchev–Trinajstić information content (AvgIpc) is 2.55. The van der Waals surface area contributed by atoms with Crippen molar-refractivity contribution >= 4 is 32.9 Å². The number of allylic oxidation sites excluding steroid dienone is 3. The van der Waals surface area contributed by atoms with E-state index in [9.17, 15) is 0 Å². The Bertz CT molecular complexity index is 549. The van der Waals surface area contributed by atoms with Gasteiger partial charge in [-0.3, -0.25) is 3.95 Å². The molecule has 2 rings (SSSR count). The van der Waals surface area contributed by atoms with Gasteiger partial charge in [-0.15, -0.1) is 4.70 Å². The van der Waals surface area contributed by atoms with Crippen LogP contribution < -0.4 is 20.3 Å². The minimum Gasteiger partial charge on any atom is -0.284 e. The molecule has 0 amide bonds. The Kier molecular flexibility index (Phi) is 3.75. The Morgan fingerprint density at radius 1 is 1.00 bits per heavy atom. The van der Waals surface area contributed by atoms with Gasteiger partial charge in [-0.2, -0.15) is 11.7 Å². The fourth-order valence-electron chi connectivity index (χ4n) is 1.52. The van der Waals surface area contributed by atoms with E-state index < -0.39 is 19.1 Å². The quantitative estimate of drug-likeness (QED) is 0.248. The van der Waals surface area contributed by atoms with Crippen molar-refractivity contribution < 1.29 is 0 Å². The lowest BCUT2D eigenvalue weighted by molar-refractivity contribution is 0.380. The standard InChI is InChI=1S/C12H16IN4/c14-13-9-4-7-12(8-10-13)17(15,16)11-5-2-1-3-6-11/h1-10H,14-16H2/q+1. The van der Waals surface area contributed by atoms with Crippen LogP contribution in [-0.2, 0) is 0 Å². The lowest BCUT2D eigenvalue weighted by Crippen LogP contribution is -2.60. The number of nitrogens with two attached hydrogens (primary N) is 3. The molecule has 90 valence electrons. The summed E-state index contributed by atoms with van der Waals surface area (Å²) in [5.41, 5.74) is 1.65. The summed E-state index contributed by atoms with van der Waals surface area (Å²) in [7, 11) is 0. The first kappa shape index (κ1) is 12.5. The number of benzene rings is 1. The summed E-state index contributed by atoms with van der Waals surface area (Å²) < 4.78 is 9.74. The largest absolute Gasteiger partial charge is 0.284 e. The van der Waals surface area contributed by atoms with Crippen molar-refractivity contribution in [2.24, 2.45) is 15.6 Å². The third-order valence-electron chi connectivity index (χ3n) is 2.48. The van der Waals surface area contributed by atoms with Crippen LogP contribution in [0.5, 0.6) is 0 Å². The zero-order valence-corrected chi connectivity index (χ0v) is 11.5. The van der Waals surface area contributed by atoms with E-state index in [-0.39, 0.29) is 4.70 Å².